The zero-order valence-corrected chi connectivity index (χ0v) is 17.9. The second-order valence-electron chi connectivity index (χ2n) is 6.30. The molecule has 0 aliphatic rings. The Balaban J connectivity index is 1.66. The Morgan fingerprint density at radius 1 is 1.27 bits per heavy atom. The number of amides is 1. The van der Waals surface area contributed by atoms with Crippen LogP contribution in [-0.4, -0.2) is 30.8 Å². The maximum absolute atomic E-state index is 13.9. The largest absolute Gasteiger partial charge is 0.323 e. The molecule has 0 saturated heterocycles. The first-order chi connectivity index (χ1) is 14.5. The van der Waals surface area contributed by atoms with E-state index in [1.54, 1.807) is 34.7 Å². The maximum Gasteiger partial charge on any atom is 0.263 e. The number of fused-ring (bicyclic) bond motifs is 3. The molecular formula is C20H15BrFN5O2S. The molecular weight excluding hydrogens is 473 g/mol. The Morgan fingerprint density at radius 3 is 2.83 bits per heavy atom. The van der Waals surface area contributed by atoms with E-state index in [-0.39, 0.29) is 29.5 Å². The number of para-hydroxylation sites is 1. The van der Waals surface area contributed by atoms with Gasteiger partial charge in [0, 0.05) is 11.0 Å². The summed E-state index contributed by atoms with van der Waals surface area (Å²) in [6, 6.07) is 11.5. The molecule has 0 aliphatic heterocycles. The van der Waals surface area contributed by atoms with Crippen molar-refractivity contribution in [1.29, 1.82) is 0 Å². The molecule has 0 unspecified atom stereocenters. The molecule has 10 heteroatoms. The summed E-state index contributed by atoms with van der Waals surface area (Å²) in [5, 5.41) is 11.8. The van der Waals surface area contributed by atoms with Crippen LogP contribution in [0.2, 0.25) is 0 Å². The second-order valence-corrected chi connectivity index (χ2v) is 8.16. The van der Waals surface area contributed by atoms with Gasteiger partial charge in [-0.2, -0.15) is 0 Å². The third-order valence-electron chi connectivity index (χ3n) is 4.33. The number of aromatic nitrogens is 4. The number of carbonyl (C=O) groups is 1. The van der Waals surface area contributed by atoms with Gasteiger partial charge in [0.2, 0.25) is 11.7 Å². The minimum Gasteiger partial charge on any atom is -0.323 e. The number of thioether (sulfide) groups is 1. The number of nitrogens with zero attached hydrogens (tertiary/aromatic N) is 4. The Labute approximate surface area is 182 Å². The summed E-state index contributed by atoms with van der Waals surface area (Å²) in [5.41, 5.74) is 0.551. The van der Waals surface area contributed by atoms with Crippen molar-refractivity contribution in [2.24, 2.45) is 0 Å². The first-order valence-electron chi connectivity index (χ1n) is 8.85. The number of allylic oxidation sites excluding steroid dienone is 1. The predicted octanol–water partition coefficient (Wildman–Crippen LogP) is 3.86. The first-order valence-corrected chi connectivity index (χ1v) is 10.6. The topological polar surface area (TPSA) is 81.3 Å². The highest BCUT2D eigenvalue weighted by atomic mass is 79.9. The molecule has 7 nitrogen and oxygen atoms in total. The van der Waals surface area contributed by atoms with Crippen LogP contribution in [0, 0.1) is 5.82 Å². The van der Waals surface area contributed by atoms with Gasteiger partial charge in [-0.3, -0.25) is 18.6 Å². The highest BCUT2D eigenvalue weighted by Gasteiger charge is 2.17. The minimum absolute atomic E-state index is 0.00872. The van der Waals surface area contributed by atoms with E-state index in [1.807, 2.05) is 6.07 Å². The van der Waals surface area contributed by atoms with Crippen molar-refractivity contribution in [3.8, 4) is 0 Å². The van der Waals surface area contributed by atoms with Crippen LogP contribution >= 0.6 is 27.7 Å². The van der Waals surface area contributed by atoms with Crippen LogP contribution in [0.15, 0.2) is 69.5 Å². The van der Waals surface area contributed by atoms with Crippen molar-refractivity contribution in [3.63, 3.8) is 0 Å². The van der Waals surface area contributed by atoms with Crippen molar-refractivity contribution in [2.75, 3.05) is 11.1 Å². The van der Waals surface area contributed by atoms with Crippen LogP contribution in [0.3, 0.4) is 0 Å². The van der Waals surface area contributed by atoms with Gasteiger partial charge >= 0.3 is 0 Å². The lowest BCUT2D eigenvalue weighted by Gasteiger charge is -2.10. The smallest absolute Gasteiger partial charge is 0.263 e. The number of carbonyl (C=O) groups excluding carboxylic acids is 1. The quantitative estimate of drug-likeness (QED) is 0.329. The van der Waals surface area contributed by atoms with Crippen LogP contribution in [-0.2, 0) is 11.3 Å². The number of hydrogen-bond donors (Lipinski definition) is 1. The monoisotopic (exact) mass is 487 g/mol. The van der Waals surface area contributed by atoms with Crippen LogP contribution in [0.1, 0.15) is 0 Å². The van der Waals surface area contributed by atoms with Gasteiger partial charge < -0.3 is 5.32 Å². The molecule has 2 heterocycles. The van der Waals surface area contributed by atoms with Gasteiger partial charge in [-0.25, -0.2) is 4.39 Å². The lowest BCUT2D eigenvalue weighted by Crippen LogP contribution is -2.22. The highest BCUT2D eigenvalue weighted by molar-refractivity contribution is 9.10. The number of halogens is 2. The lowest BCUT2D eigenvalue weighted by molar-refractivity contribution is -0.113. The van der Waals surface area contributed by atoms with Gasteiger partial charge in [0.15, 0.2) is 5.16 Å². The number of nitrogens with one attached hydrogen (secondary N) is 1. The van der Waals surface area contributed by atoms with Crippen LogP contribution in [0.25, 0.3) is 16.7 Å². The highest BCUT2D eigenvalue weighted by Crippen LogP contribution is 2.23. The summed E-state index contributed by atoms with van der Waals surface area (Å²) in [5.74, 6) is -0.567. The van der Waals surface area contributed by atoms with Gasteiger partial charge in [-0.15, -0.1) is 16.8 Å². The van der Waals surface area contributed by atoms with Crippen molar-refractivity contribution in [3.05, 3.63) is 75.8 Å². The standard InChI is InChI=1S/C20H15BrFN5O2S/c1-2-9-26-18(29)13-5-3-4-6-16(13)27-19(26)24-25-20(27)30-11-17(28)23-15-8-7-12(21)10-14(15)22/h2-8,10H,1,9,11H2,(H,23,28). The average molecular weight is 488 g/mol. The number of benzene rings is 2. The SMILES string of the molecule is C=CCn1c(=O)c2ccccc2n2c(SCC(=O)Nc3ccc(Br)cc3F)nnc12. The van der Waals surface area contributed by atoms with E-state index in [9.17, 15) is 14.0 Å². The predicted molar refractivity (Wildman–Crippen MR) is 118 cm³/mol. The van der Waals surface area contributed by atoms with Gasteiger partial charge in [-0.05, 0) is 30.3 Å². The molecule has 152 valence electrons. The van der Waals surface area contributed by atoms with Crippen molar-refractivity contribution in [1.82, 2.24) is 19.2 Å². The summed E-state index contributed by atoms with van der Waals surface area (Å²) in [4.78, 5) is 25.1. The van der Waals surface area contributed by atoms with E-state index in [1.165, 1.54) is 16.7 Å². The van der Waals surface area contributed by atoms with E-state index in [0.717, 1.165) is 11.8 Å². The fourth-order valence-electron chi connectivity index (χ4n) is 3.03. The second kappa shape index (κ2) is 8.41. The molecule has 0 spiro atoms. The summed E-state index contributed by atoms with van der Waals surface area (Å²) in [6.45, 7) is 3.97. The molecule has 4 rings (SSSR count). The third kappa shape index (κ3) is 3.75. The van der Waals surface area contributed by atoms with Crippen molar-refractivity contribution >= 4 is 56.0 Å². The number of rotatable bonds is 6. The van der Waals surface area contributed by atoms with Crippen LogP contribution < -0.4 is 10.9 Å². The molecule has 1 amide bonds. The first kappa shape index (κ1) is 20.3. The van der Waals surface area contributed by atoms with Crippen LogP contribution in [0.4, 0.5) is 10.1 Å². The molecule has 0 aliphatic carbocycles. The van der Waals surface area contributed by atoms with Crippen LogP contribution in [0.5, 0.6) is 0 Å². The molecule has 0 fully saturated rings. The summed E-state index contributed by atoms with van der Waals surface area (Å²) < 4.78 is 17.7. The number of anilines is 1. The summed E-state index contributed by atoms with van der Waals surface area (Å²) >= 11 is 4.32. The molecule has 0 atom stereocenters. The Hall–Kier alpha value is -2.98. The number of hydrogen-bond acceptors (Lipinski definition) is 5. The van der Waals surface area contributed by atoms with Crippen molar-refractivity contribution < 1.29 is 9.18 Å². The zero-order chi connectivity index (χ0) is 21.3. The fraction of sp³-hybridized carbons (Fsp3) is 0.100. The molecule has 1 N–H and O–H groups in total. The normalized spacial score (nSPS) is 11.1. The van der Waals surface area contributed by atoms with Gasteiger partial charge in [0.1, 0.15) is 5.82 Å². The summed E-state index contributed by atoms with van der Waals surface area (Å²) in [6.07, 6.45) is 1.61. The molecule has 0 bridgehead atoms. The minimum atomic E-state index is -0.532. The van der Waals surface area contributed by atoms with Crippen molar-refractivity contribution in [2.45, 2.75) is 11.7 Å². The third-order valence-corrected chi connectivity index (χ3v) is 5.75. The Bertz CT molecular complexity index is 1350. The molecule has 2 aromatic heterocycles. The molecule has 30 heavy (non-hydrogen) atoms. The van der Waals surface area contributed by atoms with E-state index in [0.29, 0.717) is 26.3 Å². The van der Waals surface area contributed by atoms with E-state index in [2.05, 4.69) is 38.0 Å². The van der Waals surface area contributed by atoms with Gasteiger partial charge in [0.25, 0.3) is 5.56 Å². The Morgan fingerprint density at radius 2 is 2.07 bits per heavy atom. The van der Waals surface area contributed by atoms with E-state index < -0.39 is 5.82 Å². The van der Waals surface area contributed by atoms with Gasteiger partial charge in [-0.1, -0.05) is 45.9 Å². The molecule has 4 aromatic rings. The zero-order valence-electron chi connectivity index (χ0n) is 15.5. The fourth-order valence-corrected chi connectivity index (χ4v) is 4.10. The molecule has 2 aromatic carbocycles. The molecule has 0 saturated carbocycles. The van der Waals surface area contributed by atoms with E-state index in [4.69, 9.17) is 0 Å². The molecule has 0 radical (unpaired) electrons. The lowest BCUT2D eigenvalue weighted by atomic mass is 10.2. The Kier molecular flexibility index (Phi) is 5.69. The van der Waals surface area contributed by atoms with E-state index >= 15 is 0 Å². The van der Waals surface area contributed by atoms with Gasteiger partial charge in [0.05, 0.1) is 22.3 Å². The maximum atomic E-state index is 13.9. The average Bonchev–Trinajstić information content (AvgIpc) is 3.16. The summed E-state index contributed by atoms with van der Waals surface area (Å²) in [7, 11) is 0.